The summed E-state index contributed by atoms with van der Waals surface area (Å²) in [5, 5.41) is 12.6. The zero-order chi connectivity index (χ0) is 17.7. The molecule has 5 heteroatoms. The zero-order valence-electron chi connectivity index (χ0n) is 14.3. The summed E-state index contributed by atoms with van der Waals surface area (Å²) in [6, 6.07) is 13.8. The number of hydrogen-bond acceptors (Lipinski definition) is 4. The van der Waals surface area contributed by atoms with Crippen molar-refractivity contribution in [3.63, 3.8) is 0 Å². The normalized spacial score (nSPS) is 13.0. The van der Waals surface area contributed by atoms with E-state index in [1.165, 1.54) is 11.8 Å². The molecule has 0 aliphatic carbocycles. The second-order valence-electron chi connectivity index (χ2n) is 5.77. The Kier molecular flexibility index (Phi) is 5.99. The summed E-state index contributed by atoms with van der Waals surface area (Å²) in [4.78, 5) is 16.9. The summed E-state index contributed by atoms with van der Waals surface area (Å²) >= 11 is 1.32. The number of nitrogens with zero attached hydrogens (tertiary/aromatic N) is 2. The van der Waals surface area contributed by atoms with Gasteiger partial charge in [0.2, 0.25) is 5.91 Å². The highest BCUT2D eigenvalue weighted by Gasteiger charge is 2.20. The van der Waals surface area contributed by atoms with Gasteiger partial charge in [-0.1, -0.05) is 42.1 Å². The third-order valence-electron chi connectivity index (χ3n) is 3.74. The number of rotatable bonds is 5. The minimum atomic E-state index is -0.336. The smallest absolute Gasteiger partial charge is 0.233 e. The second-order valence-corrected chi connectivity index (χ2v) is 7.10. The first-order chi connectivity index (χ1) is 11.4. The molecular formula is C19H21N3OS. The van der Waals surface area contributed by atoms with E-state index >= 15 is 0 Å². The van der Waals surface area contributed by atoms with Gasteiger partial charge >= 0.3 is 0 Å². The van der Waals surface area contributed by atoms with Gasteiger partial charge in [-0.25, -0.2) is 4.98 Å². The van der Waals surface area contributed by atoms with Crippen LogP contribution in [0.1, 0.15) is 42.3 Å². The lowest BCUT2D eigenvalue weighted by atomic mass is 10.1. The fourth-order valence-corrected chi connectivity index (χ4v) is 3.43. The Morgan fingerprint density at radius 1 is 1.25 bits per heavy atom. The highest BCUT2D eigenvalue weighted by atomic mass is 32.2. The number of carbonyl (C=O) groups excluding carboxylic acids is 1. The number of hydrogen-bond donors (Lipinski definition) is 1. The number of nitriles is 1. The number of aryl methyl sites for hydroxylation is 2. The van der Waals surface area contributed by atoms with Gasteiger partial charge < -0.3 is 5.32 Å². The van der Waals surface area contributed by atoms with Crippen LogP contribution in [0, 0.1) is 25.2 Å². The summed E-state index contributed by atoms with van der Waals surface area (Å²) in [6.45, 7) is 7.57. The zero-order valence-corrected chi connectivity index (χ0v) is 15.1. The number of carbonyl (C=O) groups is 1. The van der Waals surface area contributed by atoms with Crippen molar-refractivity contribution in [3.05, 3.63) is 58.8 Å². The molecule has 24 heavy (non-hydrogen) atoms. The second kappa shape index (κ2) is 7.98. The van der Waals surface area contributed by atoms with E-state index in [0.29, 0.717) is 10.6 Å². The molecule has 1 heterocycles. The molecular weight excluding hydrogens is 318 g/mol. The van der Waals surface area contributed by atoms with Gasteiger partial charge in [0.15, 0.2) is 0 Å². The molecule has 1 amide bonds. The lowest BCUT2D eigenvalue weighted by Gasteiger charge is -2.18. The predicted molar refractivity (Wildman–Crippen MR) is 96.7 cm³/mol. The molecule has 0 unspecified atom stereocenters. The van der Waals surface area contributed by atoms with Gasteiger partial charge in [-0.3, -0.25) is 4.79 Å². The predicted octanol–water partition coefficient (Wildman–Crippen LogP) is 3.93. The molecule has 0 saturated carbocycles. The van der Waals surface area contributed by atoms with Gasteiger partial charge in [0.05, 0.1) is 16.9 Å². The molecule has 2 atom stereocenters. The van der Waals surface area contributed by atoms with Crippen LogP contribution in [-0.4, -0.2) is 16.1 Å². The van der Waals surface area contributed by atoms with E-state index in [1.807, 2.05) is 64.1 Å². The molecule has 0 fully saturated rings. The number of amides is 1. The largest absolute Gasteiger partial charge is 0.349 e. The first-order valence-electron chi connectivity index (χ1n) is 7.82. The number of aromatic nitrogens is 1. The van der Waals surface area contributed by atoms with Crippen molar-refractivity contribution in [2.45, 2.75) is 44.0 Å². The van der Waals surface area contributed by atoms with Crippen molar-refractivity contribution in [1.29, 1.82) is 5.26 Å². The SMILES string of the molecule is Cc1cc(C)c(C#N)c(S[C@H](C)C(=O)N[C@@H](C)c2ccccc2)n1. The third kappa shape index (κ3) is 4.36. The molecule has 0 aliphatic heterocycles. The minimum Gasteiger partial charge on any atom is -0.349 e. The van der Waals surface area contributed by atoms with Crippen LogP contribution in [0.25, 0.3) is 0 Å². The van der Waals surface area contributed by atoms with Crippen LogP contribution in [0.4, 0.5) is 0 Å². The van der Waals surface area contributed by atoms with E-state index in [2.05, 4.69) is 16.4 Å². The van der Waals surface area contributed by atoms with Crippen LogP contribution in [0.5, 0.6) is 0 Å². The van der Waals surface area contributed by atoms with Crippen molar-refractivity contribution in [2.24, 2.45) is 0 Å². The molecule has 124 valence electrons. The van der Waals surface area contributed by atoms with Crippen LogP contribution in [0.2, 0.25) is 0 Å². The van der Waals surface area contributed by atoms with E-state index in [4.69, 9.17) is 0 Å². The lowest BCUT2D eigenvalue weighted by Crippen LogP contribution is -2.33. The van der Waals surface area contributed by atoms with Crippen molar-refractivity contribution < 1.29 is 4.79 Å². The standard InChI is InChI=1S/C19H21N3OS/c1-12-10-13(2)21-19(17(12)11-20)24-15(4)18(23)22-14(3)16-8-6-5-7-9-16/h5-10,14-15H,1-4H3,(H,22,23)/t14-,15+/m0/s1. The summed E-state index contributed by atoms with van der Waals surface area (Å²) in [7, 11) is 0. The number of benzene rings is 1. The maximum absolute atomic E-state index is 12.5. The summed E-state index contributed by atoms with van der Waals surface area (Å²) < 4.78 is 0. The molecule has 1 aromatic carbocycles. The van der Waals surface area contributed by atoms with Gasteiger partial charge in [0.1, 0.15) is 11.1 Å². The summed E-state index contributed by atoms with van der Waals surface area (Å²) in [6.07, 6.45) is 0. The fourth-order valence-electron chi connectivity index (χ4n) is 2.40. The Bertz CT molecular complexity index is 768. The maximum atomic E-state index is 12.5. The van der Waals surface area contributed by atoms with Crippen LogP contribution >= 0.6 is 11.8 Å². The molecule has 1 aromatic heterocycles. The van der Waals surface area contributed by atoms with Crippen LogP contribution < -0.4 is 5.32 Å². The van der Waals surface area contributed by atoms with Crippen LogP contribution in [0.3, 0.4) is 0 Å². The van der Waals surface area contributed by atoms with Gasteiger partial charge in [-0.15, -0.1) is 0 Å². The van der Waals surface area contributed by atoms with Crippen molar-refractivity contribution >= 4 is 17.7 Å². The molecule has 0 bridgehead atoms. The van der Waals surface area contributed by atoms with Crippen molar-refractivity contribution in [1.82, 2.24) is 10.3 Å². The molecule has 0 spiro atoms. The van der Waals surface area contributed by atoms with Gasteiger partial charge in [0, 0.05) is 5.69 Å². The van der Waals surface area contributed by atoms with Gasteiger partial charge in [-0.2, -0.15) is 5.26 Å². The van der Waals surface area contributed by atoms with Crippen molar-refractivity contribution in [2.75, 3.05) is 0 Å². The maximum Gasteiger partial charge on any atom is 0.233 e. The summed E-state index contributed by atoms with van der Waals surface area (Å²) in [5.74, 6) is -0.0683. The lowest BCUT2D eigenvalue weighted by molar-refractivity contribution is -0.120. The number of thioether (sulfide) groups is 1. The number of nitrogens with one attached hydrogen (secondary N) is 1. The molecule has 4 nitrogen and oxygen atoms in total. The van der Waals surface area contributed by atoms with Crippen LogP contribution in [0.15, 0.2) is 41.4 Å². The van der Waals surface area contributed by atoms with Gasteiger partial charge in [-0.05, 0) is 44.9 Å². The van der Waals surface area contributed by atoms with E-state index < -0.39 is 0 Å². The average molecular weight is 339 g/mol. The van der Waals surface area contributed by atoms with Gasteiger partial charge in [0.25, 0.3) is 0 Å². The first kappa shape index (κ1) is 18.0. The Morgan fingerprint density at radius 2 is 1.92 bits per heavy atom. The molecule has 1 N–H and O–H groups in total. The number of pyridine rings is 1. The van der Waals surface area contributed by atoms with E-state index in [0.717, 1.165) is 16.8 Å². The molecule has 2 rings (SSSR count). The van der Waals surface area contributed by atoms with E-state index in [9.17, 15) is 10.1 Å². The summed E-state index contributed by atoms with van der Waals surface area (Å²) in [5.41, 5.74) is 3.34. The Hall–Kier alpha value is -2.32. The molecule has 0 saturated heterocycles. The van der Waals surface area contributed by atoms with Crippen LogP contribution in [-0.2, 0) is 4.79 Å². The highest BCUT2D eigenvalue weighted by Crippen LogP contribution is 2.27. The fraction of sp³-hybridized carbons (Fsp3) is 0.316. The Labute approximate surface area is 147 Å². The average Bonchev–Trinajstić information content (AvgIpc) is 2.55. The topological polar surface area (TPSA) is 65.8 Å². The Morgan fingerprint density at radius 3 is 2.54 bits per heavy atom. The molecule has 0 aliphatic rings. The monoisotopic (exact) mass is 339 g/mol. The quantitative estimate of drug-likeness (QED) is 0.838. The van der Waals surface area contributed by atoms with E-state index in [-0.39, 0.29) is 17.2 Å². The Balaban J connectivity index is 2.09. The molecule has 0 radical (unpaired) electrons. The van der Waals surface area contributed by atoms with E-state index in [1.54, 1.807) is 0 Å². The molecule has 2 aromatic rings. The first-order valence-corrected chi connectivity index (χ1v) is 8.70. The van der Waals surface area contributed by atoms with Crippen molar-refractivity contribution in [3.8, 4) is 6.07 Å². The minimum absolute atomic E-state index is 0.0654. The highest BCUT2D eigenvalue weighted by molar-refractivity contribution is 8.00. The third-order valence-corrected chi connectivity index (χ3v) is 4.83.